The molecule has 19 heavy (non-hydrogen) atoms. The van der Waals surface area contributed by atoms with E-state index in [-0.39, 0.29) is 0 Å². The fraction of sp³-hybridized carbons (Fsp3) is 0.600. The van der Waals surface area contributed by atoms with Crippen LogP contribution in [-0.4, -0.2) is 25.9 Å². The summed E-state index contributed by atoms with van der Waals surface area (Å²) in [5.74, 6) is 0.865. The minimum absolute atomic E-state index is 0.307. The molecule has 1 aromatic carbocycles. The standard InChI is InChI=1S/C15H22BrNO2/c1-10-4-6-13(19-10)9-17-11(2)12-5-7-15(18-3)14(16)8-12/h5,7-8,10-11,13,17H,4,6,9H2,1-3H3. The van der Waals surface area contributed by atoms with E-state index in [1.165, 1.54) is 12.0 Å². The minimum Gasteiger partial charge on any atom is -0.496 e. The van der Waals surface area contributed by atoms with Crippen LogP contribution in [0.15, 0.2) is 22.7 Å². The van der Waals surface area contributed by atoms with Crippen molar-refractivity contribution < 1.29 is 9.47 Å². The lowest BCUT2D eigenvalue weighted by Crippen LogP contribution is -2.29. The molecule has 1 aliphatic rings. The van der Waals surface area contributed by atoms with Gasteiger partial charge < -0.3 is 14.8 Å². The van der Waals surface area contributed by atoms with E-state index in [2.05, 4.69) is 47.2 Å². The zero-order valence-electron chi connectivity index (χ0n) is 11.8. The summed E-state index contributed by atoms with van der Waals surface area (Å²) < 4.78 is 12.1. The Labute approximate surface area is 123 Å². The van der Waals surface area contributed by atoms with E-state index in [1.807, 2.05) is 6.07 Å². The topological polar surface area (TPSA) is 30.5 Å². The van der Waals surface area contributed by atoms with Gasteiger partial charge in [0.25, 0.3) is 0 Å². The van der Waals surface area contributed by atoms with Gasteiger partial charge in [0, 0.05) is 12.6 Å². The van der Waals surface area contributed by atoms with Crippen LogP contribution in [0, 0.1) is 0 Å². The van der Waals surface area contributed by atoms with Gasteiger partial charge in [-0.25, -0.2) is 0 Å². The Bertz CT molecular complexity index is 425. The Morgan fingerprint density at radius 3 is 2.84 bits per heavy atom. The molecule has 1 aromatic rings. The lowest BCUT2D eigenvalue weighted by Gasteiger charge is -2.18. The van der Waals surface area contributed by atoms with Crippen molar-refractivity contribution in [1.82, 2.24) is 5.32 Å². The molecular weight excluding hydrogens is 306 g/mol. The number of rotatable bonds is 5. The molecule has 4 heteroatoms. The third-order valence-corrected chi connectivity index (χ3v) is 4.27. The van der Waals surface area contributed by atoms with Crippen LogP contribution in [0.3, 0.4) is 0 Å². The summed E-state index contributed by atoms with van der Waals surface area (Å²) in [6, 6.07) is 6.50. The average molecular weight is 328 g/mol. The van der Waals surface area contributed by atoms with Crippen LogP contribution in [0.4, 0.5) is 0 Å². The maximum Gasteiger partial charge on any atom is 0.133 e. The van der Waals surface area contributed by atoms with Crippen molar-refractivity contribution in [2.75, 3.05) is 13.7 Å². The quantitative estimate of drug-likeness (QED) is 0.894. The number of methoxy groups -OCH3 is 1. The summed E-state index contributed by atoms with van der Waals surface area (Å²) in [4.78, 5) is 0. The van der Waals surface area contributed by atoms with Gasteiger partial charge in [-0.1, -0.05) is 6.07 Å². The highest BCUT2D eigenvalue weighted by molar-refractivity contribution is 9.10. The largest absolute Gasteiger partial charge is 0.496 e. The van der Waals surface area contributed by atoms with Crippen molar-refractivity contribution in [3.8, 4) is 5.75 Å². The van der Waals surface area contributed by atoms with Crippen molar-refractivity contribution in [3.63, 3.8) is 0 Å². The average Bonchev–Trinajstić information content (AvgIpc) is 2.81. The third-order valence-electron chi connectivity index (χ3n) is 3.65. The SMILES string of the molecule is COc1ccc(C(C)NCC2CCC(C)O2)cc1Br. The summed E-state index contributed by atoms with van der Waals surface area (Å²) in [5.41, 5.74) is 1.25. The van der Waals surface area contributed by atoms with Crippen LogP contribution >= 0.6 is 15.9 Å². The van der Waals surface area contributed by atoms with Gasteiger partial charge in [0.1, 0.15) is 5.75 Å². The number of hydrogen-bond donors (Lipinski definition) is 1. The van der Waals surface area contributed by atoms with Crippen molar-refractivity contribution in [1.29, 1.82) is 0 Å². The van der Waals surface area contributed by atoms with Gasteiger partial charge in [-0.3, -0.25) is 0 Å². The molecule has 1 heterocycles. The number of halogens is 1. The van der Waals surface area contributed by atoms with Crippen molar-refractivity contribution in [2.45, 2.75) is 44.9 Å². The summed E-state index contributed by atoms with van der Waals surface area (Å²) >= 11 is 3.52. The second kappa shape index (κ2) is 6.73. The summed E-state index contributed by atoms with van der Waals surface area (Å²) in [7, 11) is 1.68. The molecule has 3 unspecified atom stereocenters. The highest BCUT2D eigenvalue weighted by Gasteiger charge is 2.22. The van der Waals surface area contributed by atoms with Crippen molar-refractivity contribution in [3.05, 3.63) is 28.2 Å². The molecule has 0 spiro atoms. The van der Waals surface area contributed by atoms with Crippen LogP contribution < -0.4 is 10.1 Å². The lowest BCUT2D eigenvalue weighted by molar-refractivity contribution is 0.0546. The number of benzene rings is 1. The molecule has 3 atom stereocenters. The summed E-state index contributed by atoms with van der Waals surface area (Å²) in [6.45, 7) is 5.23. The summed E-state index contributed by atoms with van der Waals surface area (Å²) in [6.07, 6.45) is 3.11. The lowest BCUT2D eigenvalue weighted by atomic mass is 10.1. The van der Waals surface area contributed by atoms with Gasteiger partial charge in [-0.15, -0.1) is 0 Å². The molecule has 1 N–H and O–H groups in total. The number of nitrogens with one attached hydrogen (secondary N) is 1. The Hall–Kier alpha value is -0.580. The molecule has 1 saturated heterocycles. The zero-order chi connectivity index (χ0) is 13.8. The zero-order valence-corrected chi connectivity index (χ0v) is 13.4. The molecule has 0 saturated carbocycles. The van der Waals surface area contributed by atoms with Gasteiger partial charge in [0.15, 0.2) is 0 Å². The molecular formula is C15H22BrNO2. The van der Waals surface area contributed by atoms with Gasteiger partial charge in [0.05, 0.1) is 23.8 Å². The van der Waals surface area contributed by atoms with Gasteiger partial charge >= 0.3 is 0 Å². The molecule has 3 nitrogen and oxygen atoms in total. The highest BCUT2D eigenvalue weighted by atomic mass is 79.9. The Kier molecular flexibility index (Phi) is 5.25. The molecule has 0 bridgehead atoms. The normalized spacial score (nSPS) is 24.4. The first-order chi connectivity index (χ1) is 9.10. The second-order valence-corrected chi connectivity index (χ2v) is 6.02. The second-order valence-electron chi connectivity index (χ2n) is 5.17. The van der Waals surface area contributed by atoms with Crippen LogP contribution in [0.5, 0.6) is 5.75 Å². The molecule has 1 aliphatic heterocycles. The van der Waals surface area contributed by atoms with Crippen molar-refractivity contribution >= 4 is 15.9 Å². The van der Waals surface area contributed by atoms with E-state index >= 15 is 0 Å². The fourth-order valence-electron chi connectivity index (χ4n) is 2.41. The Balaban J connectivity index is 1.89. The highest BCUT2D eigenvalue weighted by Crippen LogP contribution is 2.28. The first-order valence-electron chi connectivity index (χ1n) is 6.82. The van der Waals surface area contributed by atoms with E-state index in [0.29, 0.717) is 18.2 Å². The van der Waals surface area contributed by atoms with E-state index in [1.54, 1.807) is 7.11 Å². The van der Waals surface area contributed by atoms with Gasteiger partial charge in [0.2, 0.25) is 0 Å². The first kappa shape index (κ1) is 14.8. The molecule has 0 radical (unpaired) electrons. The van der Waals surface area contributed by atoms with E-state index < -0.39 is 0 Å². The molecule has 2 rings (SSSR count). The molecule has 1 fully saturated rings. The Morgan fingerprint density at radius 2 is 2.26 bits per heavy atom. The molecule has 0 aromatic heterocycles. The molecule has 0 aliphatic carbocycles. The number of hydrogen-bond acceptors (Lipinski definition) is 3. The third kappa shape index (κ3) is 3.94. The molecule has 0 amide bonds. The fourth-order valence-corrected chi connectivity index (χ4v) is 2.97. The predicted octanol–water partition coefficient (Wildman–Crippen LogP) is 3.68. The van der Waals surface area contributed by atoms with Crippen LogP contribution in [0.25, 0.3) is 0 Å². The maximum absolute atomic E-state index is 5.82. The van der Waals surface area contributed by atoms with Gasteiger partial charge in [-0.2, -0.15) is 0 Å². The minimum atomic E-state index is 0.307. The van der Waals surface area contributed by atoms with Gasteiger partial charge in [-0.05, 0) is 60.3 Å². The number of ether oxygens (including phenoxy) is 2. The molecule has 106 valence electrons. The Morgan fingerprint density at radius 1 is 1.47 bits per heavy atom. The predicted molar refractivity (Wildman–Crippen MR) is 80.7 cm³/mol. The maximum atomic E-state index is 5.82. The van der Waals surface area contributed by atoms with E-state index in [0.717, 1.165) is 23.2 Å². The van der Waals surface area contributed by atoms with Crippen LogP contribution in [0.2, 0.25) is 0 Å². The van der Waals surface area contributed by atoms with Crippen LogP contribution in [0.1, 0.15) is 38.3 Å². The summed E-state index contributed by atoms with van der Waals surface area (Å²) in [5, 5.41) is 3.54. The van der Waals surface area contributed by atoms with Crippen LogP contribution in [-0.2, 0) is 4.74 Å². The monoisotopic (exact) mass is 327 g/mol. The van der Waals surface area contributed by atoms with E-state index in [4.69, 9.17) is 9.47 Å². The van der Waals surface area contributed by atoms with E-state index in [9.17, 15) is 0 Å². The van der Waals surface area contributed by atoms with Crippen molar-refractivity contribution in [2.24, 2.45) is 0 Å². The first-order valence-corrected chi connectivity index (χ1v) is 7.61. The smallest absolute Gasteiger partial charge is 0.133 e.